The minimum Gasteiger partial charge on any atom is -0.383 e. The summed E-state index contributed by atoms with van der Waals surface area (Å²) in [5.41, 5.74) is 0. The molecule has 2 unspecified atom stereocenters. The summed E-state index contributed by atoms with van der Waals surface area (Å²) in [7, 11) is 3.80. The van der Waals surface area contributed by atoms with E-state index in [1.54, 1.807) is 7.11 Å². The highest BCUT2D eigenvalue weighted by Crippen LogP contribution is 2.22. The smallest absolute Gasteiger partial charge is 0.0630 e. The van der Waals surface area contributed by atoms with Gasteiger partial charge in [-0.2, -0.15) is 0 Å². The highest BCUT2D eigenvalue weighted by atomic mass is 16.5. The van der Waals surface area contributed by atoms with Crippen LogP contribution in [-0.2, 0) is 4.74 Å². The molecule has 1 aliphatic rings. The zero-order valence-corrected chi connectivity index (χ0v) is 9.75. The van der Waals surface area contributed by atoms with Crippen molar-refractivity contribution in [2.45, 2.75) is 38.3 Å². The lowest BCUT2D eigenvalue weighted by Crippen LogP contribution is -2.46. The molecule has 1 N–H and O–H groups in total. The Bertz CT molecular complexity index is 146. The molecule has 0 aromatic heterocycles. The van der Waals surface area contributed by atoms with Crippen LogP contribution in [0.5, 0.6) is 0 Å². The van der Waals surface area contributed by atoms with E-state index in [0.29, 0.717) is 6.04 Å². The first-order chi connectivity index (χ1) is 6.83. The highest BCUT2D eigenvalue weighted by molar-refractivity contribution is 4.84. The van der Waals surface area contributed by atoms with E-state index in [-0.39, 0.29) is 0 Å². The molecule has 0 radical (unpaired) electrons. The summed E-state index contributed by atoms with van der Waals surface area (Å²) in [4.78, 5) is 2.61. The Kier molecular flexibility index (Phi) is 5.45. The number of hydrogen-bond donors (Lipinski definition) is 1. The van der Waals surface area contributed by atoms with Gasteiger partial charge >= 0.3 is 0 Å². The minimum atomic E-state index is 0.553. The van der Waals surface area contributed by atoms with E-state index >= 15 is 0 Å². The Balaban J connectivity index is 2.47. The van der Waals surface area contributed by atoms with Crippen LogP contribution in [0, 0.1) is 0 Å². The number of nitrogens with zero attached hydrogens (tertiary/aromatic N) is 1. The van der Waals surface area contributed by atoms with E-state index in [2.05, 4.69) is 17.1 Å². The maximum absolute atomic E-state index is 5.28. The predicted octanol–water partition coefficient (Wildman–Crippen LogP) is 1.10. The van der Waals surface area contributed by atoms with Crippen molar-refractivity contribution < 1.29 is 4.74 Å². The normalized spacial score (nSPS) is 25.5. The number of nitrogens with one attached hydrogen (secondary N) is 1. The second-order valence-corrected chi connectivity index (χ2v) is 4.11. The SMILES string of the molecule is CCC1CCCN1C(CNC)COC. The van der Waals surface area contributed by atoms with Gasteiger partial charge in [0.05, 0.1) is 6.61 Å². The molecule has 1 rings (SSSR count). The summed E-state index contributed by atoms with van der Waals surface area (Å²) in [5.74, 6) is 0. The third-order valence-corrected chi connectivity index (χ3v) is 3.16. The summed E-state index contributed by atoms with van der Waals surface area (Å²) in [6.07, 6.45) is 3.98. The molecule has 0 saturated carbocycles. The first kappa shape index (κ1) is 12.0. The van der Waals surface area contributed by atoms with Gasteiger partial charge in [-0.3, -0.25) is 4.90 Å². The average molecular weight is 200 g/mol. The van der Waals surface area contributed by atoms with Crippen molar-refractivity contribution in [1.29, 1.82) is 0 Å². The fourth-order valence-electron chi connectivity index (χ4n) is 2.48. The van der Waals surface area contributed by atoms with Crippen LogP contribution in [0.15, 0.2) is 0 Å². The standard InChI is InChI=1S/C11H24N2O/c1-4-10-6-5-7-13(10)11(8-12-2)9-14-3/h10-12H,4-9H2,1-3H3. The van der Waals surface area contributed by atoms with E-state index in [9.17, 15) is 0 Å². The Morgan fingerprint density at radius 2 is 2.36 bits per heavy atom. The van der Waals surface area contributed by atoms with Gasteiger partial charge in [0, 0.05) is 25.7 Å². The Morgan fingerprint density at radius 3 is 2.93 bits per heavy atom. The molecule has 2 atom stereocenters. The highest BCUT2D eigenvalue weighted by Gasteiger charge is 2.28. The maximum atomic E-state index is 5.28. The van der Waals surface area contributed by atoms with E-state index in [0.717, 1.165) is 19.2 Å². The molecule has 0 aliphatic carbocycles. The first-order valence-corrected chi connectivity index (χ1v) is 5.72. The van der Waals surface area contributed by atoms with Gasteiger partial charge in [0.15, 0.2) is 0 Å². The number of methoxy groups -OCH3 is 1. The molecule has 0 amide bonds. The van der Waals surface area contributed by atoms with Gasteiger partial charge in [-0.15, -0.1) is 0 Å². The van der Waals surface area contributed by atoms with Gasteiger partial charge in [0.2, 0.25) is 0 Å². The van der Waals surface area contributed by atoms with E-state index in [1.165, 1.54) is 25.8 Å². The van der Waals surface area contributed by atoms with Crippen LogP contribution in [0.4, 0.5) is 0 Å². The summed E-state index contributed by atoms with van der Waals surface area (Å²) in [5, 5.41) is 3.25. The van der Waals surface area contributed by atoms with Gasteiger partial charge in [0.25, 0.3) is 0 Å². The number of rotatable bonds is 6. The van der Waals surface area contributed by atoms with Crippen molar-refractivity contribution in [2.24, 2.45) is 0 Å². The molecular formula is C11H24N2O. The van der Waals surface area contributed by atoms with E-state index in [1.807, 2.05) is 7.05 Å². The summed E-state index contributed by atoms with van der Waals surface area (Å²) < 4.78 is 5.28. The number of likely N-dealkylation sites (N-methyl/N-ethyl adjacent to an activating group) is 1. The average Bonchev–Trinajstić information content (AvgIpc) is 2.65. The third kappa shape index (κ3) is 2.94. The molecule has 0 aromatic carbocycles. The Labute approximate surface area is 87.8 Å². The van der Waals surface area contributed by atoms with Crippen molar-refractivity contribution in [3.63, 3.8) is 0 Å². The summed E-state index contributed by atoms with van der Waals surface area (Å²) >= 11 is 0. The van der Waals surface area contributed by atoms with Gasteiger partial charge in [-0.25, -0.2) is 0 Å². The van der Waals surface area contributed by atoms with Crippen LogP contribution in [0.2, 0.25) is 0 Å². The topological polar surface area (TPSA) is 24.5 Å². The van der Waals surface area contributed by atoms with Crippen LogP contribution in [0.1, 0.15) is 26.2 Å². The monoisotopic (exact) mass is 200 g/mol. The number of likely N-dealkylation sites (tertiary alicyclic amines) is 1. The summed E-state index contributed by atoms with van der Waals surface area (Å²) in [6, 6.07) is 1.33. The molecule has 84 valence electrons. The lowest BCUT2D eigenvalue weighted by atomic mass is 10.1. The van der Waals surface area contributed by atoms with Crippen LogP contribution in [0.25, 0.3) is 0 Å². The van der Waals surface area contributed by atoms with Crippen molar-refractivity contribution in [2.75, 3.05) is 33.9 Å². The molecule has 1 saturated heterocycles. The maximum Gasteiger partial charge on any atom is 0.0630 e. The molecular weight excluding hydrogens is 176 g/mol. The van der Waals surface area contributed by atoms with Gasteiger partial charge < -0.3 is 10.1 Å². The fourth-order valence-corrected chi connectivity index (χ4v) is 2.48. The molecule has 0 bridgehead atoms. The largest absolute Gasteiger partial charge is 0.383 e. The summed E-state index contributed by atoms with van der Waals surface area (Å²) in [6.45, 7) is 5.40. The van der Waals surface area contributed by atoms with Gasteiger partial charge in [-0.05, 0) is 32.9 Å². The molecule has 14 heavy (non-hydrogen) atoms. The van der Waals surface area contributed by atoms with Crippen molar-refractivity contribution in [1.82, 2.24) is 10.2 Å². The van der Waals surface area contributed by atoms with Crippen LogP contribution in [0.3, 0.4) is 0 Å². The van der Waals surface area contributed by atoms with Crippen LogP contribution < -0.4 is 5.32 Å². The fraction of sp³-hybridized carbons (Fsp3) is 1.00. The molecule has 1 fully saturated rings. The van der Waals surface area contributed by atoms with Crippen molar-refractivity contribution in [3.8, 4) is 0 Å². The Morgan fingerprint density at radius 1 is 1.57 bits per heavy atom. The second kappa shape index (κ2) is 6.38. The number of ether oxygens (including phenoxy) is 1. The molecule has 3 heteroatoms. The van der Waals surface area contributed by atoms with E-state index < -0.39 is 0 Å². The lowest BCUT2D eigenvalue weighted by Gasteiger charge is -2.32. The second-order valence-electron chi connectivity index (χ2n) is 4.11. The quantitative estimate of drug-likeness (QED) is 0.695. The zero-order valence-electron chi connectivity index (χ0n) is 9.75. The molecule has 3 nitrogen and oxygen atoms in total. The van der Waals surface area contributed by atoms with Gasteiger partial charge in [0.1, 0.15) is 0 Å². The first-order valence-electron chi connectivity index (χ1n) is 5.72. The predicted molar refractivity (Wildman–Crippen MR) is 59.6 cm³/mol. The molecule has 0 spiro atoms. The van der Waals surface area contributed by atoms with Crippen molar-refractivity contribution in [3.05, 3.63) is 0 Å². The Hall–Kier alpha value is -0.120. The third-order valence-electron chi connectivity index (χ3n) is 3.16. The molecule has 1 aliphatic heterocycles. The molecule has 1 heterocycles. The zero-order chi connectivity index (χ0) is 10.4. The lowest BCUT2D eigenvalue weighted by molar-refractivity contribution is 0.0811. The minimum absolute atomic E-state index is 0.553. The molecule has 0 aromatic rings. The van der Waals surface area contributed by atoms with Crippen LogP contribution >= 0.6 is 0 Å². The van der Waals surface area contributed by atoms with Crippen LogP contribution in [-0.4, -0.2) is 50.8 Å². The van der Waals surface area contributed by atoms with Gasteiger partial charge in [-0.1, -0.05) is 6.92 Å². The van der Waals surface area contributed by atoms with E-state index in [4.69, 9.17) is 4.74 Å². The number of hydrogen-bond acceptors (Lipinski definition) is 3. The van der Waals surface area contributed by atoms with Crippen molar-refractivity contribution >= 4 is 0 Å².